The third-order valence-electron chi connectivity index (χ3n) is 2.44. The molecule has 1 aromatic heterocycles. The predicted molar refractivity (Wildman–Crippen MR) is 83.6 cm³/mol. The van der Waals surface area contributed by atoms with Crippen LogP contribution < -0.4 is 15.2 Å². The van der Waals surface area contributed by atoms with Crippen molar-refractivity contribution in [3.63, 3.8) is 0 Å². The summed E-state index contributed by atoms with van der Waals surface area (Å²) in [5, 5.41) is 41.2. The molecule has 1 heterocycles. The molecule has 3 unspecified atom stereocenters. The van der Waals surface area contributed by atoms with Crippen molar-refractivity contribution < 1.29 is 42.9 Å². The van der Waals surface area contributed by atoms with Crippen molar-refractivity contribution in [2.45, 2.75) is 38.6 Å². The molecular weight excluding hydrogens is 378 g/mol. The number of aliphatic hydroxyl groups is 2. The highest BCUT2D eigenvalue weighted by Gasteiger charge is 2.28. The van der Waals surface area contributed by atoms with Gasteiger partial charge in [0.25, 0.3) is 16.2 Å². The van der Waals surface area contributed by atoms with Crippen molar-refractivity contribution in [2.24, 2.45) is 5.73 Å². The Balaban J connectivity index is 0.00000141. The highest BCUT2D eigenvalue weighted by Crippen LogP contribution is 2.07. The number of carboxylic acids is 2. The van der Waals surface area contributed by atoms with Gasteiger partial charge in [0.15, 0.2) is 0 Å². The molecule has 0 saturated heterocycles. The van der Waals surface area contributed by atoms with Gasteiger partial charge in [0.2, 0.25) is 11.8 Å². The lowest BCUT2D eigenvalue weighted by molar-refractivity contribution is -0.141. The molecule has 1 rings (SSSR count). The summed E-state index contributed by atoms with van der Waals surface area (Å²) in [6.07, 6.45) is -1.44. The molecule has 0 fully saturated rings. The number of hydrogen-bond donors (Lipinski definition) is 7. The Labute approximate surface area is 148 Å². The van der Waals surface area contributed by atoms with Gasteiger partial charge in [-0.15, -0.1) is 10.2 Å². The van der Waals surface area contributed by atoms with Crippen molar-refractivity contribution >= 4 is 22.1 Å². The van der Waals surface area contributed by atoms with E-state index >= 15 is 0 Å². The zero-order valence-electron chi connectivity index (χ0n) is 13.9. The van der Waals surface area contributed by atoms with E-state index in [9.17, 15) is 18.3 Å². The number of nitrogens with zero attached hydrogens (tertiary/aromatic N) is 2. The zero-order valence-corrected chi connectivity index (χ0v) is 14.7. The summed E-state index contributed by atoms with van der Waals surface area (Å²) in [5.41, 5.74) is 5.43. The Morgan fingerprint density at radius 3 is 2.27 bits per heavy atom. The Hall–Kier alpha value is -2.17. The minimum Gasteiger partial charge on any atom is -0.481 e. The van der Waals surface area contributed by atoms with Crippen molar-refractivity contribution in [2.75, 3.05) is 6.61 Å². The number of carboxylic acid groups (broad SMARTS) is 2. The highest BCUT2D eigenvalue weighted by atomic mass is 32.2. The van der Waals surface area contributed by atoms with E-state index in [1.807, 2.05) is 4.72 Å². The van der Waals surface area contributed by atoms with Crippen molar-refractivity contribution in [3.05, 3.63) is 11.8 Å². The molecule has 14 nitrogen and oxygen atoms in total. The molecule has 0 aromatic carbocycles. The van der Waals surface area contributed by atoms with Gasteiger partial charge in [0, 0.05) is 6.92 Å². The van der Waals surface area contributed by atoms with E-state index in [0.29, 0.717) is 0 Å². The molecule has 0 bridgehead atoms. The Kier molecular flexibility index (Phi) is 9.84. The fraction of sp³-hybridized carbons (Fsp3) is 0.636. The van der Waals surface area contributed by atoms with Gasteiger partial charge >= 0.3 is 5.97 Å². The van der Waals surface area contributed by atoms with Crippen LogP contribution in [0.1, 0.15) is 31.7 Å². The number of nitrogens with one attached hydrogen (secondary N) is 2. The lowest BCUT2D eigenvalue weighted by Gasteiger charge is -2.16. The maximum absolute atomic E-state index is 11.7. The van der Waals surface area contributed by atoms with E-state index < -0.39 is 53.5 Å². The molecule has 1 aromatic rings. The summed E-state index contributed by atoms with van der Waals surface area (Å²) in [6.45, 7) is 1.36. The second-order valence-corrected chi connectivity index (χ2v) is 6.37. The lowest BCUT2D eigenvalue weighted by Crippen LogP contribution is -2.51. The quantitative estimate of drug-likeness (QED) is 0.219. The molecule has 0 amide bonds. The Morgan fingerprint density at radius 1 is 1.31 bits per heavy atom. The highest BCUT2D eigenvalue weighted by molar-refractivity contribution is 7.87. The van der Waals surface area contributed by atoms with Gasteiger partial charge in [-0.1, -0.05) is 0 Å². The minimum absolute atomic E-state index is 0.0722. The zero-order chi connectivity index (χ0) is 20.5. The molecule has 0 saturated carbocycles. The number of carbonyl (C=O) groups is 2. The van der Waals surface area contributed by atoms with E-state index in [1.165, 1.54) is 0 Å². The summed E-state index contributed by atoms with van der Waals surface area (Å²) in [7, 11) is -4.23. The number of rotatable bonds is 9. The topological polar surface area (TPSA) is 238 Å². The first-order chi connectivity index (χ1) is 11.9. The van der Waals surface area contributed by atoms with Crippen LogP contribution in [0.25, 0.3) is 0 Å². The molecule has 3 atom stereocenters. The average Bonchev–Trinajstić information content (AvgIpc) is 2.98. The fourth-order valence-electron chi connectivity index (χ4n) is 1.29. The number of aliphatic hydroxyl groups excluding tert-OH is 2. The van der Waals surface area contributed by atoms with Crippen LogP contribution in [0.4, 0.5) is 0 Å². The Morgan fingerprint density at radius 2 is 1.85 bits per heavy atom. The SMILES string of the molecule is CC(=O)O.CC(O)C(NS(=O)(=O)NCc1nnc(C(N)CO)o1)C(=O)O. The molecule has 8 N–H and O–H groups in total. The van der Waals surface area contributed by atoms with Crippen LogP contribution in [0, 0.1) is 0 Å². The van der Waals surface area contributed by atoms with Gasteiger partial charge in [-0.05, 0) is 6.92 Å². The number of nitrogens with two attached hydrogens (primary N) is 1. The second-order valence-electron chi connectivity index (χ2n) is 4.84. The standard InChI is InChI=1S/C9H17N5O7S.C2H4O2/c1-4(16)7(9(17)18)14-22(19,20)11-2-6-12-13-8(21-6)5(10)3-15;1-2(3)4/h4-5,7,11,14-16H,2-3,10H2,1H3,(H,17,18);1H3,(H,3,4). The molecule has 0 radical (unpaired) electrons. The fourth-order valence-corrected chi connectivity index (χ4v) is 2.32. The molecule has 26 heavy (non-hydrogen) atoms. The summed E-state index contributed by atoms with van der Waals surface area (Å²) in [4.78, 5) is 19.8. The van der Waals surface area contributed by atoms with Gasteiger partial charge in [-0.3, -0.25) is 9.59 Å². The molecule has 0 spiro atoms. The Bertz CT molecular complexity index is 686. The third-order valence-corrected chi connectivity index (χ3v) is 3.53. The summed E-state index contributed by atoms with van der Waals surface area (Å²) in [5.74, 6) is -2.57. The maximum Gasteiger partial charge on any atom is 0.324 e. The predicted octanol–water partition coefficient (Wildman–Crippen LogP) is -3.09. The van der Waals surface area contributed by atoms with Crippen molar-refractivity contribution in [1.82, 2.24) is 19.6 Å². The van der Waals surface area contributed by atoms with Crippen LogP contribution in [0.15, 0.2) is 4.42 Å². The van der Waals surface area contributed by atoms with E-state index in [1.54, 1.807) is 4.72 Å². The maximum atomic E-state index is 11.7. The molecule has 0 aliphatic rings. The second kappa shape index (κ2) is 10.7. The monoisotopic (exact) mass is 399 g/mol. The van der Waals surface area contributed by atoms with Crippen molar-refractivity contribution in [1.29, 1.82) is 0 Å². The molecule has 0 aliphatic carbocycles. The summed E-state index contributed by atoms with van der Waals surface area (Å²) >= 11 is 0. The van der Waals surface area contributed by atoms with E-state index in [4.69, 9.17) is 30.3 Å². The summed E-state index contributed by atoms with van der Waals surface area (Å²) in [6, 6.07) is -2.60. The number of hydrogen-bond acceptors (Lipinski definition) is 10. The van der Waals surface area contributed by atoms with Crippen LogP contribution in [-0.2, 0) is 26.3 Å². The molecule has 15 heteroatoms. The molecule has 0 aliphatic heterocycles. The van der Waals surface area contributed by atoms with Crippen LogP contribution in [0.2, 0.25) is 0 Å². The van der Waals surface area contributed by atoms with E-state index in [2.05, 4.69) is 10.2 Å². The number of aliphatic carboxylic acids is 2. The van der Waals surface area contributed by atoms with E-state index in [0.717, 1.165) is 13.8 Å². The molecular formula is C11H21N5O9S. The lowest BCUT2D eigenvalue weighted by atomic mass is 10.2. The normalized spacial score (nSPS) is 14.7. The van der Waals surface area contributed by atoms with Gasteiger partial charge in [-0.2, -0.15) is 17.9 Å². The third kappa shape index (κ3) is 9.35. The van der Waals surface area contributed by atoms with Gasteiger partial charge in [0.05, 0.1) is 19.3 Å². The molecule has 150 valence electrons. The number of aromatic nitrogens is 2. The average molecular weight is 399 g/mol. The summed E-state index contributed by atoms with van der Waals surface area (Å²) < 4.78 is 32.1. The first-order valence-corrected chi connectivity index (χ1v) is 8.44. The minimum atomic E-state index is -4.23. The van der Waals surface area contributed by atoms with Crippen LogP contribution in [0.3, 0.4) is 0 Å². The smallest absolute Gasteiger partial charge is 0.324 e. The first kappa shape index (κ1) is 23.8. The first-order valence-electron chi connectivity index (χ1n) is 6.95. The van der Waals surface area contributed by atoms with Crippen LogP contribution in [0.5, 0.6) is 0 Å². The van der Waals surface area contributed by atoms with E-state index in [-0.39, 0.29) is 11.8 Å². The van der Waals surface area contributed by atoms with Crippen molar-refractivity contribution in [3.8, 4) is 0 Å². The van der Waals surface area contributed by atoms with Gasteiger partial charge < -0.3 is 30.6 Å². The van der Waals surface area contributed by atoms with Crippen LogP contribution in [-0.4, -0.2) is 69.7 Å². The van der Waals surface area contributed by atoms with Gasteiger partial charge in [-0.25, -0.2) is 0 Å². The largest absolute Gasteiger partial charge is 0.481 e. The van der Waals surface area contributed by atoms with Crippen LogP contribution >= 0.6 is 0 Å². The van der Waals surface area contributed by atoms with Gasteiger partial charge in [0.1, 0.15) is 12.1 Å².